The van der Waals surface area contributed by atoms with Gasteiger partial charge in [-0.25, -0.2) is 15.0 Å². The summed E-state index contributed by atoms with van der Waals surface area (Å²) >= 11 is 0. The number of carbonyl (C=O) groups excluding carboxylic acids is 1. The summed E-state index contributed by atoms with van der Waals surface area (Å²) in [5.74, 6) is 0.458. The quantitative estimate of drug-likeness (QED) is 0.733. The van der Waals surface area contributed by atoms with Crippen molar-refractivity contribution in [1.29, 1.82) is 0 Å². The first-order chi connectivity index (χ1) is 13.2. The molecule has 146 valence electrons. The van der Waals surface area contributed by atoms with E-state index < -0.39 is 0 Å². The number of hydrogen-bond donors (Lipinski definition) is 1. The molecule has 0 saturated carbocycles. The smallest absolute Gasteiger partial charge is 0.310 e. The Morgan fingerprint density at radius 3 is 2.96 bits per heavy atom. The molecule has 0 aromatic carbocycles. The van der Waals surface area contributed by atoms with Crippen molar-refractivity contribution in [3.05, 3.63) is 12.7 Å². The third-order valence-electron chi connectivity index (χ3n) is 5.38. The predicted molar refractivity (Wildman–Crippen MR) is 97.2 cm³/mol. The molecule has 1 atom stereocenters. The zero-order valence-corrected chi connectivity index (χ0v) is 15.5. The topological polar surface area (TPSA) is 103 Å². The molecule has 2 fully saturated rings. The summed E-state index contributed by atoms with van der Waals surface area (Å²) in [5.41, 5.74) is 1.19. The molecule has 4 heterocycles. The van der Waals surface area contributed by atoms with Crippen molar-refractivity contribution in [2.24, 2.45) is 11.3 Å². The van der Waals surface area contributed by atoms with Crippen LogP contribution in [-0.2, 0) is 20.8 Å². The number of imidazole rings is 1. The van der Waals surface area contributed by atoms with E-state index in [1.54, 1.807) is 6.33 Å². The number of hydrogen-bond acceptors (Lipinski definition) is 8. The molecular weight excluding hydrogens is 350 g/mol. The number of piperidine rings is 1. The second-order valence-corrected chi connectivity index (χ2v) is 7.43. The summed E-state index contributed by atoms with van der Waals surface area (Å²) in [7, 11) is 0. The van der Waals surface area contributed by atoms with Crippen LogP contribution < -0.4 is 4.90 Å². The number of anilines is 1. The summed E-state index contributed by atoms with van der Waals surface area (Å²) in [6.07, 6.45) is 5.01. The summed E-state index contributed by atoms with van der Waals surface area (Å²) in [5, 5.41) is 9.69. The second-order valence-electron chi connectivity index (χ2n) is 7.43. The van der Waals surface area contributed by atoms with Gasteiger partial charge in [-0.05, 0) is 19.8 Å². The number of aromatic nitrogens is 4. The molecule has 27 heavy (non-hydrogen) atoms. The molecule has 0 radical (unpaired) electrons. The Kier molecular flexibility index (Phi) is 4.96. The maximum atomic E-state index is 12.1. The van der Waals surface area contributed by atoms with Crippen LogP contribution in [0.3, 0.4) is 0 Å². The maximum Gasteiger partial charge on any atom is 0.310 e. The molecule has 1 N–H and O–H groups in total. The van der Waals surface area contributed by atoms with E-state index in [2.05, 4.69) is 19.9 Å². The molecule has 2 aromatic heterocycles. The third kappa shape index (κ3) is 3.37. The molecule has 2 aromatic rings. The first kappa shape index (κ1) is 18.1. The number of esters is 1. The zero-order valence-electron chi connectivity index (χ0n) is 15.5. The first-order valence-electron chi connectivity index (χ1n) is 9.42. The Labute approximate surface area is 157 Å². The number of aliphatic hydroxyl groups excluding tert-OH is 1. The highest BCUT2D eigenvalue weighted by molar-refractivity contribution is 5.84. The molecule has 0 spiro atoms. The van der Waals surface area contributed by atoms with E-state index in [1.165, 1.54) is 6.33 Å². The average Bonchev–Trinajstić information content (AvgIpc) is 3.08. The largest absolute Gasteiger partial charge is 0.466 e. The number of rotatable bonds is 6. The van der Waals surface area contributed by atoms with Gasteiger partial charge in [-0.3, -0.25) is 4.79 Å². The Bertz CT molecular complexity index is 814. The van der Waals surface area contributed by atoms with E-state index in [1.807, 2.05) is 11.5 Å². The van der Waals surface area contributed by atoms with Gasteiger partial charge in [-0.15, -0.1) is 0 Å². The Balaban J connectivity index is 1.58. The van der Waals surface area contributed by atoms with Crippen LogP contribution in [0.1, 0.15) is 19.8 Å². The van der Waals surface area contributed by atoms with Gasteiger partial charge in [0.25, 0.3) is 0 Å². The highest BCUT2D eigenvalue weighted by Gasteiger charge is 2.39. The van der Waals surface area contributed by atoms with E-state index >= 15 is 0 Å². The lowest BCUT2D eigenvalue weighted by molar-refractivity contribution is -0.148. The highest BCUT2D eigenvalue weighted by atomic mass is 16.5. The monoisotopic (exact) mass is 375 g/mol. The van der Waals surface area contributed by atoms with Crippen molar-refractivity contribution in [3.8, 4) is 0 Å². The molecule has 4 rings (SSSR count). The maximum absolute atomic E-state index is 12.1. The van der Waals surface area contributed by atoms with Crippen LogP contribution in [0.25, 0.3) is 11.2 Å². The molecule has 0 aliphatic carbocycles. The second kappa shape index (κ2) is 7.40. The fraction of sp³-hybridized carbons (Fsp3) is 0.667. The molecular formula is C18H25N5O4. The van der Waals surface area contributed by atoms with Crippen LogP contribution in [-0.4, -0.2) is 70.1 Å². The SMILES string of the molecule is CCOC(=O)C1CCCN(c2ncnc3c2ncn3CC2(CO)COC2)C1. The molecule has 9 nitrogen and oxygen atoms in total. The minimum absolute atomic E-state index is 0.0674. The third-order valence-corrected chi connectivity index (χ3v) is 5.38. The van der Waals surface area contributed by atoms with Crippen molar-refractivity contribution in [2.45, 2.75) is 26.3 Å². The molecule has 0 amide bonds. The summed E-state index contributed by atoms with van der Waals surface area (Å²) < 4.78 is 12.4. The standard InChI is InChI=1S/C18H25N5O4/c1-2-27-17(25)13-4-3-5-22(6-13)15-14-16(20-11-19-15)23(12-21-14)7-18(8-24)9-26-10-18/h11-13,24H,2-10H2,1H3. The number of ether oxygens (including phenoxy) is 2. The fourth-order valence-corrected chi connectivity index (χ4v) is 3.82. The van der Waals surface area contributed by atoms with Gasteiger partial charge >= 0.3 is 5.97 Å². The van der Waals surface area contributed by atoms with Gasteiger partial charge in [0.2, 0.25) is 0 Å². The minimum atomic E-state index is -0.265. The van der Waals surface area contributed by atoms with Gasteiger partial charge in [-0.1, -0.05) is 0 Å². The van der Waals surface area contributed by atoms with Gasteiger partial charge in [0.1, 0.15) is 6.33 Å². The van der Waals surface area contributed by atoms with Gasteiger partial charge in [0, 0.05) is 19.6 Å². The Morgan fingerprint density at radius 2 is 2.26 bits per heavy atom. The molecule has 2 saturated heterocycles. The van der Waals surface area contributed by atoms with Crippen LogP contribution in [0.2, 0.25) is 0 Å². The predicted octanol–water partition coefficient (Wildman–Crippen LogP) is 0.615. The number of nitrogens with zero attached hydrogens (tertiary/aromatic N) is 5. The fourth-order valence-electron chi connectivity index (χ4n) is 3.82. The first-order valence-corrected chi connectivity index (χ1v) is 9.42. The summed E-state index contributed by atoms with van der Waals surface area (Å²) in [4.78, 5) is 27.6. The van der Waals surface area contributed by atoms with E-state index in [9.17, 15) is 9.90 Å². The van der Waals surface area contributed by atoms with Crippen LogP contribution in [0.4, 0.5) is 5.82 Å². The van der Waals surface area contributed by atoms with Crippen molar-refractivity contribution >= 4 is 23.0 Å². The summed E-state index contributed by atoms with van der Waals surface area (Å²) in [6, 6.07) is 0. The van der Waals surface area contributed by atoms with Crippen molar-refractivity contribution in [3.63, 3.8) is 0 Å². The Morgan fingerprint density at radius 1 is 1.41 bits per heavy atom. The minimum Gasteiger partial charge on any atom is -0.466 e. The van der Waals surface area contributed by atoms with E-state index in [4.69, 9.17) is 9.47 Å². The lowest BCUT2D eigenvalue weighted by Gasteiger charge is -2.39. The van der Waals surface area contributed by atoms with E-state index in [-0.39, 0.29) is 23.9 Å². The molecule has 2 aliphatic heterocycles. The van der Waals surface area contributed by atoms with E-state index in [0.717, 1.165) is 36.4 Å². The average molecular weight is 375 g/mol. The van der Waals surface area contributed by atoms with E-state index in [0.29, 0.717) is 32.9 Å². The summed E-state index contributed by atoms with van der Waals surface area (Å²) in [6.45, 7) is 5.36. The van der Waals surface area contributed by atoms with Crippen LogP contribution in [0.5, 0.6) is 0 Å². The van der Waals surface area contributed by atoms with Gasteiger partial charge in [0.05, 0.1) is 44.1 Å². The lowest BCUT2D eigenvalue weighted by atomic mass is 9.87. The van der Waals surface area contributed by atoms with Crippen molar-refractivity contribution in [1.82, 2.24) is 19.5 Å². The molecule has 1 unspecified atom stereocenters. The van der Waals surface area contributed by atoms with Gasteiger partial charge in [0.15, 0.2) is 17.0 Å². The number of aliphatic hydroxyl groups is 1. The van der Waals surface area contributed by atoms with Crippen molar-refractivity contribution < 1.29 is 19.4 Å². The zero-order chi connectivity index (χ0) is 18.9. The van der Waals surface area contributed by atoms with Crippen LogP contribution in [0, 0.1) is 11.3 Å². The normalized spacial score (nSPS) is 21.9. The Hall–Kier alpha value is -2.26. The van der Waals surface area contributed by atoms with Crippen LogP contribution >= 0.6 is 0 Å². The molecule has 0 bridgehead atoms. The number of carbonyl (C=O) groups is 1. The highest BCUT2D eigenvalue weighted by Crippen LogP contribution is 2.32. The lowest BCUT2D eigenvalue weighted by Crippen LogP contribution is -2.48. The number of fused-ring (bicyclic) bond motifs is 1. The van der Waals surface area contributed by atoms with Crippen molar-refractivity contribution in [2.75, 3.05) is 44.4 Å². The van der Waals surface area contributed by atoms with Gasteiger partial charge in [-0.2, -0.15) is 0 Å². The molecule has 9 heteroatoms. The molecule has 2 aliphatic rings. The van der Waals surface area contributed by atoms with Crippen LogP contribution in [0.15, 0.2) is 12.7 Å². The van der Waals surface area contributed by atoms with Gasteiger partial charge < -0.3 is 24.0 Å².